The summed E-state index contributed by atoms with van der Waals surface area (Å²) in [5.74, 6) is 0. The summed E-state index contributed by atoms with van der Waals surface area (Å²) < 4.78 is 52.0. The smallest absolute Gasteiger partial charge is 0.261 e. The van der Waals surface area contributed by atoms with E-state index in [0.717, 1.165) is 11.8 Å². The summed E-state index contributed by atoms with van der Waals surface area (Å²) in [6.07, 6.45) is 0.998. The van der Waals surface area contributed by atoms with Crippen molar-refractivity contribution in [3.8, 4) is 0 Å². The Morgan fingerprint density at radius 3 is 1.77 bits per heavy atom. The van der Waals surface area contributed by atoms with E-state index in [9.17, 15) is 16.8 Å². The van der Waals surface area contributed by atoms with E-state index in [2.05, 4.69) is 9.44 Å². The Hall–Kier alpha value is -2.06. The van der Waals surface area contributed by atoms with Crippen molar-refractivity contribution in [1.82, 2.24) is 0 Å². The largest absolute Gasteiger partial charge is 0.282 e. The lowest BCUT2D eigenvalue weighted by Crippen LogP contribution is -2.16. The zero-order chi connectivity index (χ0) is 16.4. The maximum Gasteiger partial charge on any atom is 0.261 e. The lowest BCUT2D eigenvalue weighted by Gasteiger charge is -2.13. The molecule has 6 nitrogen and oxygen atoms in total. The zero-order valence-corrected chi connectivity index (χ0v) is 13.7. The number of nitrogens with one attached hydrogen (secondary N) is 2. The van der Waals surface area contributed by atoms with Crippen molar-refractivity contribution in [2.24, 2.45) is 0 Å². The predicted octanol–water partition coefficient (Wildman–Crippen LogP) is 2.17. The van der Waals surface area contributed by atoms with Gasteiger partial charge in [0.25, 0.3) is 10.0 Å². The number of para-hydroxylation sites is 2. The van der Waals surface area contributed by atoms with E-state index in [4.69, 9.17) is 0 Å². The Morgan fingerprint density at radius 1 is 0.773 bits per heavy atom. The van der Waals surface area contributed by atoms with Gasteiger partial charge < -0.3 is 0 Å². The van der Waals surface area contributed by atoms with Crippen LogP contribution in [0.2, 0.25) is 0 Å². The number of aryl methyl sites for hydroxylation is 1. The molecule has 0 saturated heterocycles. The Labute approximate surface area is 130 Å². The number of hydrogen-bond donors (Lipinski definition) is 2. The van der Waals surface area contributed by atoms with E-state index in [-0.39, 0.29) is 16.3 Å². The number of benzene rings is 2. The van der Waals surface area contributed by atoms with Gasteiger partial charge in [0.1, 0.15) is 0 Å². The zero-order valence-electron chi connectivity index (χ0n) is 12.1. The van der Waals surface area contributed by atoms with Gasteiger partial charge in [-0.2, -0.15) is 0 Å². The SMILES string of the molecule is Cc1ccc(S(=O)(=O)Nc2ccccc2NS(C)(=O)=O)cc1. The van der Waals surface area contributed by atoms with Crippen molar-refractivity contribution < 1.29 is 16.8 Å². The van der Waals surface area contributed by atoms with E-state index in [1.54, 1.807) is 24.3 Å². The van der Waals surface area contributed by atoms with Crippen LogP contribution in [0.1, 0.15) is 5.56 Å². The van der Waals surface area contributed by atoms with Crippen LogP contribution in [0.25, 0.3) is 0 Å². The van der Waals surface area contributed by atoms with Crippen molar-refractivity contribution in [2.75, 3.05) is 15.7 Å². The molecule has 0 aliphatic rings. The molecule has 0 atom stereocenters. The van der Waals surface area contributed by atoms with Crippen LogP contribution in [-0.4, -0.2) is 23.1 Å². The maximum atomic E-state index is 12.3. The summed E-state index contributed by atoms with van der Waals surface area (Å²) in [6, 6.07) is 12.5. The summed E-state index contributed by atoms with van der Waals surface area (Å²) >= 11 is 0. The highest BCUT2D eigenvalue weighted by Crippen LogP contribution is 2.25. The molecule has 8 heteroatoms. The highest BCUT2D eigenvalue weighted by molar-refractivity contribution is 7.93. The van der Waals surface area contributed by atoms with Gasteiger partial charge >= 0.3 is 0 Å². The van der Waals surface area contributed by atoms with Crippen LogP contribution in [0.15, 0.2) is 53.4 Å². The molecule has 0 aliphatic carbocycles. The first-order chi connectivity index (χ1) is 10.2. The molecule has 0 spiro atoms. The summed E-state index contributed by atoms with van der Waals surface area (Å²) in [4.78, 5) is 0.104. The van der Waals surface area contributed by atoms with Crippen LogP contribution in [0, 0.1) is 6.92 Å². The van der Waals surface area contributed by atoms with Gasteiger partial charge in [-0.15, -0.1) is 0 Å². The average Bonchev–Trinajstić information content (AvgIpc) is 2.39. The molecule has 0 amide bonds. The second-order valence-corrected chi connectivity index (χ2v) is 8.27. The molecule has 0 aromatic heterocycles. The summed E-state index contributed by atoms with van der Waals surface area (Å²) in [6.45, 7) is 1.86. The molecular weight excluding hydrogens is 324 g/mol. The van der Waals surface area contributed by atoms with Crippen LogP contribution < -0.4 is 9.44 Å². The highest BCUT2D eigenvalue weighted by atomic mass is 32.2. The third-order valence-corrected chi connectivity index (χ3v) is 4.77. The minimum absolute atomic E-state index is 0.104. The molecule has 2 aromatic carbocycles. The molecule has 2 aromatic rings. The standard InChI is InChI=1S/C14H16N2O4S2/c1-11-7-9-12(10-8-11)22(19,20)16-14-6-4-3-5-13(14)15-21(2,17)18/h3-10,15-16H,1-2H3. The average molecular weight is 340 g/mol. The number of hydrogen-bond acceptors (Lipinski definition) is 4. The van der Waals surface area contributed by atoms with Crippen LogP contribution in [-0.2, 0) is 20.0 Å². The second kappa shape index (κ2) is 5.98. The van der Waals surface area contributed by atoms with E-state index in [1.165, 1.54) is 24.3 Å². The Morgan fingerprint density at radius 2 is 1.27 bits per heavy atom. The molecule has 0 heterocycles. The van der Waals surface area contributed by atoms with Crippen molar-refractivity contribution >= 4 is 31.4 Å². The lowest BCUT2D eigenvalue weighted by atomic mass is 10.2. The third-order valence-electron chi connectivity index (χ3n) is 2.80. The van der Waals surface area contributed by atoms with Crippen LogP contribution in [0.4, 0.5) is 11.4 Å². The normalized spacial score (nSPS) is 11.9. The molecule has 118 valence electrons. The number of sulfonamides is 2. The first-order valence-corrected chi connectivity index (χ1v) is 9.71. The van der Waals surface area contributed by atoms with Gasteiger partial charge in [-0.05, 0) is 31.2 Å². The first kappa shape index (κ1) is 16.3. The fourth-order valence-corrected chi connectivity index (χ4v) is 3.44. The van der Waals surface area contributed by atoms with E-state index >= 15 is 0 Å². The van der Waals surface area contributed by atoms with Crippen molar-refractivity contribution in [2.45, 2.75) is 11.8 Å². The summed E-state index contributed by atoms with van der Waals surface area (Å²) in [5.41, 5.74) is 1.27. The van der Waals surface area contributed by atoms with Crippen LogP contribution >= 0.6 is 0 Å². The van der Waals surface area contributed by atoms with E-state index in [1.807, 2.05) is 6.92 Å². The molecule has 0 aliphatic heterocycles. The molecule has 22 heavy (non-hydrogen) atoms. The Kier molecular flexibility index (Phi) is 4.43. The number of rotatable bonds is 5. The van der Waals surface area contributed by atoms with Crippen molar-refractivity contribution in [3.63, 3.8) is 0 Å². The van der Waals surface area contributed by atoms with Gasteiger partial charge in [-0.3, -0.25) is 9.44 Å². The molecule has 0 fully saturated rings. The minimum Gasteiger partial charge on any atom is -0.282 e. The molecule has 0 radical (unpaired) electrons. The monoisotopic (exact) mass is 340 g/mol. The summed E-state index contributed by atoms with van der Waals surface area (Å²) in [7, 11) is -7.30. The highest BCUT2D eigenvalue weighted by Gasteiger charge is 2.16. The van der Waals surface area contributed by atoms with E-state index in [0.29, 0.717) is 0 Å². The quantitative estimate of drug-likeness (QED) is 0.872. The molecule has 2 N–H and O–H groups in total. The maximum absolute atomic E-state index is 12.3. The van der Waals surface area contributed by atoms with Gasteiger partial charge in [0.05, 0.1) is 22.5 Å². The van der Waals surface area contributed by atoms with E-state index < -0.39 is 20.0 Å². The van der Waals surface area contributed by atoms with Crippen molar-refractivity contribution in [3.05, 3.63) is 54.1 Å². The Bertz CT molecular complexity index is 873. The topological polar surface area (TPSA) is 92.3 Å². The third kappa shape index (κ3) is 4.22. The molecular formula is C14H16N2O4S2. The van der Waals surface area contributed by atoms with Gasteiger partial charge in [-0.1, -0.05) is 29.8 Å². The van der Waals surface area contributed by atoms with Gasteiger partial charge in [0.15, 0.2) is 0 Å². The van der Waals surface area contributed by atoms with Gasteiger partial charge in [0.2, 0.25) is 10.0 Å². The fraction of sp³-hybridized carbons (Fsp3) is 0.143. The Balaban J connectivity index is 2.36. The van der Waals surface area contributed by atoms with Gasteiger partial charge in [-0.25, -0.2) is 16.8 Å². The van der Waals surface area contributed by atoms with Crippen LogP contribution in [0.5, 0.6) is 0 Å². The van der Waals surface area contributed by atoms with Gasteiger partial charge in [0, 0.05) is 0 Å². The molecule has 2 rings (SSSR count). The lowest BCUT2D eigenvalue weighted by molar-refractivity contribution is 0.600. The fourth-order valence-electron chi connectivity index (χ4n) is 1.78. The van der Waals surface area contributed by atoms with Crippen molar-refractivity contribution in [1.29, 1.82) is 0 Å². The van der Waals surface area contributed by atoms with Crippen LogP contribution in [0.3, 0.4) is 0 Å². The first-order valence-electron chi connectivity index (χ1n) is 6.34. The molecule has 0 saturated carbocycles. The molecule has 0 unspecified atom stereocenters. The summed E-state index contributed by atoms with van der Waals surface area (Å²) in [5, 5.41) is 0. The number of anilines is 2. The second-order valence-electron chi connectivity index (χ2n) is 4.84. The molecule has 0 bridgehead atoms. The predicted molar refractivity (Wildman–Crippen MR) is 86.9 cm³/mol. The minimum atomic E-state index is -3.79.